The first-order valence-electron chi connectivity index (χ1n) is 5.87. The van der Waals surface area contributed by atoms with Gasteiger partial charge >= 0.3 is 0 Å². The SMILES string of the molecule is Cc1nc(=N)c(CBr)cn1CC(=O)c1ccccc1. The summed E-state index contributed by atoms with van der Waals surface area (Å²) in [5.74, 6) is 0.702. The molecule has 0 aliphatic carbocycles. The number of aryl methyl sites for hydroxylation is 1. The fourth-order valence-electron chi connectivity index (χ4n) is 1.77. The van der Waals surface area contributed by atoms with Crippen molar-refractivity contribution in [1.82, 2.24) is 9.55 Å². The highest BCUT2D eigenvalue weighted by Crippen LogP contribution is 2.05. The molecule has 0 amide bonds. The van der Waals surface area contributed by atoms with Gasteiger partial charge in [0.1, 0.15) is 5.82 Å². The second-order valence-electron chi connectivity index (χ2n) is 4.21. The average molecular weight is 320 g/mol. The first-order chi connectivity index (χ1) is 9.11. The van der Waals surface area contributed by atoms with Crippen LogP contribution in [0.1, 0.15) is 21.7 Å². The largest absolute Gasteiger partial charge is 0.328 e. The molecule has 1 heterocycles. The molecule has 0 fully saturated rings. The molecular weight excluding hydrogens is 306 g/mol. The Bertz CT molecular complexity index is 649. The highest BCUT2D eigenvalue weighted by atomic mass is 79.9. The molecule has 1 aromatic carbocycles. The van der Waals surface area contributed by atoms with Gasteiger partial charge in [-0.3, -0.25) is 10.2 Å². The molecule has 0 radical (unpaired) electrons. The Kier molecular flexibility index (Phi) is 4.27. The average Bonchev–Trinajstić information content (AvgIpc) is 2.42. The van der Waals surface area contributed by atoms with E-state index in [1.807, 2.05) is 18.2 Å². The highest BCUT2D eigenvalue weighted by Gasteiger charge is 2.09. The van der Waals surface area contributed by atoms with Crippen molar-refractivity contribution in [1.29, 1.82) is 5.41 Å². The number of hydrogen-bond acceptors (Lipinski definition) is 3. The van der Waals surface area contributed by atoms with E-state index in [0.717, 1.165) is 5.56 Å². The van der Waals surface area contributed by atoms with Crippen molar-refractivity contribution in [3.63, 3.8) is 0 Å². The van der Waals surface area contributed by atoms with Gasteiger partial charge in [0.25, 0.3) is 0 Å². The lowest BCUT2D eigenvalue weighted by Gasteiger charge is -2.11. The summed E-state index contributed by atoms with van der Waals surface area (Å²) in [6.45, 7) is 2.04. The smallest absolute Gasteiger partial charge is 0.182 e. The molecule has 1 N–H and O–H groups in total. The summed E-state index contributed by atoms with van der Waals surface area (Å²) in [6.07, 6.45) is 1.81. The molecule has 4 nitrogen and oxygen atoms in total. The molecule has 0 unspecified atom stereocenters. The lowest BCUT2D eigenvalue weighted by molar-refractivity contribution is 0.0970. The zero-order chi connectivity index (χ0) is 13.8. The van der Waals surface area contributed by atoms with E-state index < -0.39 is 0 Å². The van der Waals surface area contributed by atoms with Crippen LogP contribution in [0.15, 0.2) is 36.5 Å². The van der Waals surface area contributed by atoms with E-state index >= 15 is 0 Å². The molecule has 5 heteroatoms. The van der Waals surface area contributed by atoms with Crippen molar-refractivity contribution < 1.29 is 4.79 Å². The molecule has 1 aromatic heterocycles. The Labute approximate surface area is 119 Å². The van der Waals surface area contributed by atoms with Crippen molar-refractivity contribution in [3.8, 4) is 0 Å². The number of carbonyl (C=O) groups is 1. The Morgan fingerprint density at radius 1 is 1.37 bits per heavy atom. The van der Waals surface area contributed by atoms with Gasteiger partial charge in [-0.1, -0.05) is 46.3 Å². The first-order valence-corrected chi connectivity index (χ1v) is 6.99. The molecular formula is C14H14BrN3O. The van der Waals surface area contributed by atoms with Gasteiger partial charge in [0.2, 0.25) is 0 Å². The molecule has 0 saturated carbocycles. The van der Waals surface area contributed by atoms with Crippen molar-refractivity contribution in [2.75, 3.05) is 0 Å². The van der Waals surface area contributed by atoms with Crippen LogP contribution in [0, 0.1) is 12.3 Å². The minimum Gasteiger partial charge on any atom is -0.328 e. The number of halogens is 1. The number of nitrogens with one attached hydrogen (secondary N) is 1. The summed E-state index contributed by atoms with van der Waals surface area (Å²) < 4.78 is 1.78. The molecule has 0 bridgehead atoms. The third-order valence-electron chi connectivity index (χ3n) is 2.86. The van der Waals surface area contributed by atoms with Crippen LogP contribution in [0.3, 0.4) is 0 Å². The van der Waals surface area contributed by atoms with Gasteiger partial charge in [-0.2, -0.15) is 0 Å². The first kappa shape index (κ1) is 13.7. The van der Waals surface area contributed by atoms with Crippen molar-refractivity contribution in [3.05, 3.63) is 59.0 Å². The number of carbonyl (C=O) groups excluding carboxylic acids is 1. The maximum atomic E-state index is 12.1. The normalized spacial score (nSPS) is 10.4. The van der Waals surface area contributed by atoms with Gasteiger partial charge in [-0.15, -0.1) is 0 Å². The number of Topliss-reactive ketones (excluding diaryl/α,β-unsaturated/α-hetero) is 1. The van der Waals surface area contributed by atoms with E-state index in [-0.39, 0.29) is 17.8 Å². The second-order valence-corrected chi connectivity index (χ2v) is 4.77. The van der Waals surface area contributed by atoms with Gasteiger partial charge in [0.05, 0.1) is 6.54 Å². The van der Waals surface area contributed by atoms with Crippen LogP contribution in [0.5, 0.6) is 0 Å². The summed E-state index contributed by atoms with van der Waals surface area (Å²) in [5.41, 5.74) is 1.70. The predicted octanol–water partition coefficient (Wildman–Crippen LogP) is 2.45. The van der Waals surface area contributed by atoms with Gasteiger partial charge in [0.15, 0.2) is 11.3 Å². The maximum Gasteiger partial charge on any atom is 0.182 e. The van der Waals surface area contributed by atoms with Crippen LogP contribution in [-0.4, -0.2) is 15.3 Å². The van der Waals surface area contributed by atoms with E-state index in [1.165, 1.54) is 0 Å². The number of benzene rings is 1. The summed E-state index contributed by atoms with van der Waals surface area (Å²) in [5, 5.41) is 8.27. The van der Waals surface area contributed by atoms with Crippen molar-refractivity contribution in [2.24, 2.45) is 0 Å². The highest BCUT2D eigenvalue weighted by molar-refractivity contribution is 9.08. The van der Waals surface area contributed by atoms with E-state index in [1.54, 1.807) is 29.8 Å². The van der Waals surface area contributed by atoms with E-state index in [0.29, 0.717) is 16.7 Å². The number of alkyl halides is 1. The minimum atomic E-state index is 0.0359. The molecule has 98 valence electrons. The number of ketones is 1. The third kappa shape index (κ3) is 3.17. The van der Waals surface area contributed by atoms with E-state index in [9.17, 15) is 4.79 Å². The standard InChI is InChI=1S/C14H14BrN3O/c1-10-17-14(16)12(7-15)8-18(10)9-13(19)11-5-3-2-4-6-11/h2-6,8,16H,7,9H2,1H3. The summed E-state index contributed by atoms with van der Waals surface area (Å²) in [6, 6.07) is 9.18. The minimum absolute atomic E-state index is 0.0359. The number of aromatic nitrogens is 2. The van der Waals surface area contributed by atoms with Crippen molar-refractivity contribution in [2.45, 2.75) is 18.8 Å². The summed E-state index contributed by atoms with van der Waals surface area (Å²) >= 11 is 3.32. The quantitative estimate of drug-likeness (QED) is 0.695. The van der Waals surface area contributed by atoms with Crippen molar-refractivity contribution >= 4 is 21.7 Å². The molecule has 0 aliphatic rings. The lowest BCUT2D eigenvalue weighted by Crippen LogP contribution is -2.22. The number of nitrogens with zero attached hydrogens (tertiary/aromatic N) is 2. The van der Waals surface area contributed by atoms with Crippen LogP contribution in [0.4, 0.5) is 0 Å². The molecule has 0 spiro atoms. The Hall–Kier alpha value is -1.75. The second kappa shape index (κ2) is 5.93. The van der Waals surface area contributed by atoms with Gasteiger partial charge in [-0.25, -0.2) is 4.98 Å². The van der Waals surface area contributed by atoms with Gasteiger partial charge in [0, 0.05) is 22.7 Å². The fourth-order valence-corrected chi connectivity index (χ4v) is 2.18. The monoisotopic (exact) mass is 319 g/mol. The van der Waals surface area contributed by atoms with Crippen LogP contribution < -0.4 is 5.49 Å². The van der Waals surface area contributed by atoms with Crippen LogP contribution in [-0.2, 0) is 11.9 Å². The Morgan fingerprint density at radius 3 is 2.68 bits per heavy atom. The zero-order valence-corrected chi connectivity index (χ0v) is 12.1. The number of hydrogen-bond donors (Lipinski definition) is 1. The topological polar surface area (TPSA) is 58.7 Å². The molecule has 0 aliphatic heterocycles. The maximum absolute atomic E-state index is 12.1. The Morgan fingerprint density at radius 2 is 2.05 bits per heavy atom. The fraction of sp³-hybridized carbons (Fsp3) is 0.214. The van der Waals surface area contributed by atoms with E-state index in [4.69, 9.17) is 5.41 Å². The predicted molar refractivity (Wildman–Crippen MR) is 76.2 cm³/mol. The van der Waals surface area contributed by atoms with Gasteiger partial charge < -0.3 is 4.57 Å². The van der Waals surface area contributed by atoms with Gasteiger partial charge in [-0.05, 0) is 6.92 Å². The molecule has 0 saturated heterocycles. The molecule has 2 rings (SSSR count). The summed E-state index contributed by atoms with van der Waals surface area (Å²) in [4.78, 5) is 16.3. The Balaban J connectivity index is 2.29. The van der Waals surface area contributed by atoms with Crippen LogP contribution >= 0.6 is 15.9 Å². The number of rotatable bonds is 4. The molecule has 19 heavy (non-hydrogen) atoms. The van der Waals surface area contributed by atoms with E-state index in [2.05, 4.69) is 20.9 Å². The summed E-state index contributed by atoms with van der Waals surface area (Å²) in [7, 11) is 0. The lowest BCUT2D eigenvalue weighted by atomic mass is 10.1. The molecule has 0 atom stereocenters. The van der Waals surface area contributed by atoms with Crippen LogP contribution in [0.2, 0.25) is 0 Å². The zero-order valence-electron chi connectivity index (χ0n) is 10.6. The van der Waals surface area contributed by atoms with Crippen LogP contribution in [0.25, 0.3) is 0 Å². The molecule has 2 aromatic rings. The third-order valence-corrected chi connectivity index (χ3v) is 3.46.